The molecule has 2 aromatic carbocycles. The number of amides is 4. The Morgan fingerprint density at radius 3 is 1.90 bits per heavy atom. The summed E-state index contributed by atoms with van der Waals surface area (Å²) in [5.74, 6) is -1.11. The summed E-state index contributed by atoms with van der Waals surface area (Å²) in [6.07, 6.45) is 1.66. The third-order valence-corrected chi connectivity index (χ3v) is 9.23. The number of para-hydroxylation sites is 2. The topological polar surface area (TPSA) is 60.9 Å². The average molecular weight is 543 g/mol. The summed E-state index contributed by atoms with van der Waals surface area (Å²) in [6.45, 7) is 0. The van der Waals surface area contributed by atoms with E-state index >= 15 is 0 Å². The van der Waals surface area contributed by atoms with Crippen molar-refractivity contribution in [2.45, 2.75) is 9.79 Å². The van der Waals surface area contributed by atoms with Crippen LogP contribution in [0.1, 0.15) is 3.58 Å². The molecule has 0 aliphatic carbocycles. The number of hydrogen-bond donors (Lipinski definition) is 0. The Bertz CT molecular complexity index is 1210. The van der Waals surface area contributed by atoms with E-state index in [0.29, 0.717) is 0 Å². The first-order valence-electron chi connectivity index (χ1n) is 9.53. The minimum atomic E-state index is -0.856. The van der Waals surface area contributed by atoms with Gasteiger partial charge in [-0.3, -0.25) is 0 Å². The maximum atomic E-state index is 12.5. The number of urea groups is 1. The van der Waals surface area contributed by atoms with Gasteiger partial charge in [-0.15, -0.1) is 0 Å². The Balaban J connectivity index is 1.57. The zero-order valence-electron chi connectivity index (χ0n) is 16.7. The molecule has 1 aromatic heterocycles. The van der Waals surface area contributed by atoms with Gasteiger partial charge in [0.2, 0.25) is 0 Å². The first kappa shape index (κ1) is 20.1. The molecule has 0 N–H and O–H groups in total. The van der Waals surface area contributed by atoms with Crippen LogP contribution < -0.4 is 4.90 Å². The molecule has 0 bridgehead atoms. The quantitative estimate of drug-likeness (QED) is 0.217. The zero-order chi connectivity index (χ0) is 21.7. The minimum absolute atomic E-state index is 0.0330. The molecule has 2 aliphatic heterocycles. The summed E-state index contributed by atoms with van der Waals surface area (Å²) in [5, 5.41) is 0. The molecule has 0 saturated carbocycles. The first-order valence-corrected chi connectivity index (χ1v) is 12.7. The second-order valence-electron chi connectivity index (χ2n) is 7.12. The predicted molar refractivity (Wildman–Crippen MR) is 121 cm³/mol. The Labute approximate surface area is 193 Å². The molecule has 0 atom stereocenters. The molecule has 5 rings (SSSR count). The summed E-state index contributed by atoms with van der Waals surface area (Å²) in [5.41, 5.74) is 2.31. The fraction of sp³-hybridized carbons (Fsp3) is 0.0870. The van der Waals surface area contributed by atoms with Gasteiger partial charge in [0.05, 0.1) is 0 Å². The van der Waals surface area contributed by atoms with Crippen LogP contribution in [0.2, 0.25) is 0 Å². The SMILES string of the molecule is CN1C(=O)C(=Cc2ccc(N3c4ccccc4Sc4ccccc43)[te]2)C(=O)N(C)C1=O. The van der Waals surface area contributed by atoms with Crippen LogP contribution >= 0.6 is 11.8 Å². The normalized spacial score (nSPS) is 15.9. The van der Waals surface area contributed by atoms with Gasteiger partial charge in [0, 0.05) is 0 Å². The molecule has 3 heterocycles. The maximum absolute atomic E-state index is 12.5. The Morgan fingerprint density at radius 1 is 0.774 bits per heavy atom. The van der Waals surface area contributed by atoms with E-state index in [4.69, 9.17) is 0 Å². The number of anilines is 3. The van der Waals surface area contributed by atoms with Gasteiger partial charge in [-0.1, -0.05) is 0 Å². The average Bonchev–Trinajstić information content (AvgIpc) is 3.25. The number of barbiturate groups is 1. The number of fused-ring (bicyclic) bond motifs is 2. The van der Waals surface area contributed by atoms with Gasteiger partial charge in [0.1, 0.15) is 0 Å². The molecule has 1 fully saturated rings. The number of carbonyl (C=O) groups excluding carboxylic acids is 3. The van der Waals surface area contributed by atoms with E-state index in [9.17, 15) is 14.4 Å². The van der Waals surface area contributed by atoms with E-state index < -0.39 is 38.3 Å². The van der Waals surface area contributed by atoms with Crippen LogP contribution in [0.25, 0.3) is 6.08 Å². The number of rotatable bonds is 2. The molecule has 31 heavy (non-hydrogen) atoms. The number of benzene rings is 2. The van der Waals surface area contributed by atoms with Gasteiger partial charge < -0.3 is 0 Å². The first-order chi connectivity index (χ1) is 15.0. The van der Waals surface area contributed by atoms with Crippen LogP contribution in [-0.4, -0.2) is 62.2 Å². The number of carbonyl (C=O) groups is 3. The number of imide groups is 2. The van der Waals surface area contributed by atoms with E-state index in [0.717, 1.165) is 24.8 Å². The summed E-state index contributed by atoms with van der Waals surface area (Å²) in [7, 11) is 2.79. The van der Waals surface area contributed by atoms with Gasteiger partial charge >= 0.3 is 194 Å². The monoisotopic (exact) mass is 545 g/mol. The van der Waals surface area contributed by atoms with Crippen molar-refractivity contribution in [2.24, 2.45) is 0 Å². The van der Waals surface area contributed by atoms with Crippen LogP contribution in [0.3, 0.4) is 0 Å². The standard InChI is InChI=1S/C23H17N3O3STe/c1-24-21(27)15(22(28)25(2)23(24)29)13-14-11-12-20(31-14)26-16-7-3-5-9-18(16)30-19-10-6-4-8-17(19)26/h3-13H,1-2H3. The molecule has 1 saturated heterocycles. The van der Waals surface area contributed by atoms with Crippen LogP contribution in [0.4, 0.5) is 19.9 Å². The summed E-state index contributed by atoms with van der Waals surface area (Å²) < 4.78 is 2.16. The van der Waals surface area contributed by atoms with Crippen LogP contribution in [0, 0.1) is 0 Å². The van der Waals surface area contributed by atoms with Crippen molar-refractivity contribution in [3.8, 4) is 0 Å². The number of likely N-dealkylation sites (N-methyl/N-ethyl adjacent to an activating group) is 2. The second-order valence-corrected chi connectivity index (χ2v) is 11.3. The van der Waals surface area contributed by atoms with Crippen molar-refractivity contribution < 1.29 is 14.4 Å². The van der Waals surface area contributed by atoms with Crippen molar-refractivity contribution in [1.29, 1.82) is 0 Å². The molecule has 8 heteroatoms. The van der Waals surface area contributed by atoms with E-state index in [2.05, 4.69) is 35.2 Å². The molecule has 3 aromatic rings. The van der Waals surface area contributed by atoms with E-state index in [1.54, 1.807) is 17.8 Å². The van der Waals surface area contributed by atoms with E-state index in [-0.39, 0.29) is 5.57 Å². The van der Waals surface area contributed by atoms with Gasteiger partial charge in [-0.2, -0.15) is 0 Å². The van der Waals surface area contributed by atoms with Crippen molar-refractivity contribution in [3.63, 3.8) is 0 Å². The fourth-order valence-corrected chi connectivity index (χ4v) is 7.45. The zero-order valence-corrected chi connectivity index (χ0v) is 19.9. The van der Waals surface area contributed by atoms with Gasteiger partial charge in [-0.25, -0.2) is 0 Å². The summed E-state index contributed by atoms with van der Waals surface area (Å²) >= 11 is 0.904. The molecule has 0 spiro atoms. The second kappa shape index (κ2) is 7.72. The van der Waals surface area contributed by atoms with E-state index in [1.807, 2.05) is 30.3 Å². The summed E-state index contributed by atoms with van der Waals surface area (Å²) in [6, 6.07) is 20.1. The van der Waals surface area contributed by atoms with Crippen molar-refractivity contribution in [2.75, 3.05) is 19.0 Å². The van der Waals surface area contributed by atoms with Crippen molar-refractivity contribution in [1.82, 2.24) is 9.80 Å². The molecule has 4 amide bonds. The molecular formula is C23H17N3O3STe. The Morgan fingerprint density at radius 2 is 1.32 bits per heavy atom. The van der Waals surface area contributed by atoms with Gasteiger partial charge in [0.25, 0.3) is 0 Å². The Hall–Kier alpha value is -2.79. The fourth-order valence-electron chi connectivity index (χ4n) is 3.60. The van der Waals surface area contributed by atoms with Crippen LogP contribution in [-0.2, 0) is 9.59 Å². The molecule has 0 unspecified atom stereocenters. The third kappa shape index (κ3) is 3.32. The number of hydrogen-bond acceptors (Lipinski definition) is 5. The Kier molecular flexibility index (Phi) is 5.01. The molecule has 0 radical (unpaired) electrons. The predicted octanol–water partition coefficient (Wildman–Crippen LogP) is 4.11. The van der Waals surface area contributed by atoms with E-state index in [1.165, 1.54) is 27.6 Å². The molecule has 6 nitrogen and oxygen atoms in total. The summed E-state index contributed by atoms with van der Waals surface area (Å²) in [4.78, 5) is 43.7. The van der Waals surface area contributed by atoms with Gasteiger partial charge in [0.15, 0.2) is 0 Å². The van der Waals surface area contributed by atoms with Crippen LogP contribution in [0.5, 0.6) is 0 Å². The molecular weight excluding hydrogens is 526 g/mol. The van der Waals surface area contributed by atoms with Gasteiger partial charge in [-0.05, 0) is 0 Å². The molecule has 154 valence electrons. The van der Waals surface area contributed by atoms with Crippen molar-refractivity contribution in [3.05, 3.63) is 69.8 Å². The van der Waals surface area contributed by atoms with Crippen LogP contribution in [0.15, 0.2) is 76.0 Å². The molecule has 2 aliphatic rings. The number of nitrogens with zero attached hydrogens (tertiary/aromatic N) is 3. The van der Waals surface area contributed by atoms with Crippen molar-refractivity contribution >= 4 is 71.2 Å². The third-order valence-electron chi connectivity index (χ3n) is 5.20.